The number of para-hydroxylation sites is 1. The zero-order valence-electron chi connectivity index (χ0n) is 10.9. The number of rotatable bonds is 7. The summed E-state index contributed by atoms with van der Waals surface area (Å²) < 4.78 is 4.78. The first-order chi connectivity index (χ1) is 8.63. The van der Waals surface area contributed by atoms with E-state index in [9.17, 15) is 9.59 Å². The summed E-state index contributed by atoms with van der Waals surface area (Å²) in [5.74, 6) is -0.275. The number of likely N-dealkylation sites (N-methyl/N-ethyl adjacent to an activating group) is 1. The van der Waals surface area contributed by atoms with Gasteiger partial charge in [-0.3, -0.25) is 9.59 Å². The molecule has 1 rings (SSSR count). The van der Waals surface area contributed by atoms with Crippen LogP contribution in [0.25, 0.3) is 0 Å². The number of esters is 1. The van der Waals surface area contributed by atoms with E-state index in [0.717, 1.165) is 5.69 Å². The molecule has 0 N–H and O–H groups in total. The van der Waals surface area contributed by atoms with Gasteiger partial charge in [-0.05, 0) is 19.1 Å². The molecule has 1 aromatic carbocycles. The van der Waals surface area contributed by atoms with E-state index >= 15 is 0 Å². The predicted molar refractivity (Wildman–Crippen MR) is 70.6 cm³/mol. The Kier molecular flexibility index (Phi) is 5.91. The number of anilines is 1. The lowest BCUT2D eigenvalue weighted by Gasteiger charge is -2.18. The quantitative estimate of drug-likeness (QED) is 0.694. The first-order valence-corrected chi connectivity index (χ1v) is 6.07. The number of carbonyl (C=O) groups is 2. The molecule has 4 heteroatoms. The number of hydrogen-bond donors (Lipinski definition) is 0. The van der Waals surface area contributed by atoms with Gasteiger partial charge in [-0.15, -0.1) is 0 Å². The van der Waals surface area contributed by atoms with Crippen LogP contribution in [-0.2, 0) is 14.3 Å². The average Bonchev–Trinajstić information content (AvgIpc) is 2.38. The van der Waals surface area contributed by atoms with Gasteiger partial charge in [0.05, 0.1) is 19.6 Å². The van der Waals surface area contributed by atoms with Crippen molar-refractivity contribution in [1.29, 1.82) is 0 Å². The van der Waals surface area contributed by atoms with Crippen LogP contribution in [0.3, 0.4) is 0 Å². The Morgan fingerprint density at radius 2 is 1.83 bits per heavy atom. The van der Waals surface area contributed by atoms with E-state index in [-0.39, 0.29) is 24.6 Å². The Hall–Kier alpha value is -1.84. The van der Waals surface area contributed by atoms with Crippen molar-refractivity contribution in [3.05, 3.63) is 30.3 Å². The summed E-state index contributed by atoms with van der Waals surface area (Å²) in [7, 11) is 1.86. The molecule has 0 spiro atoms. The molecule has 0 saturated carbocycles. The van der Waals surface area contributed by atoms with Crippen LogP contribution in [-0.4, -0.2) is 32.0 Å². The molecule has 0 heterocycles. The van der Waals surface area contributed by atoms with Crippen LogP contribution in [0, 0.1) is 0 Å². The minimum absolute atomic E-state index is 0.0365. The third-order valence-electron chi connectivity index (χ3n) is 2.52. The number of Topliss-reactive ketones (excluding diaryl/α,β-unsaturated/α-hetero) is 1. The Bertz CT molecular complexity index is 389. The first-order valence-electron chi connectivity index (χ1n) is 6.07. The Labute approximate surface area is 108 Å². The number of benzene rings is 1. The maximum atomic E-state index is 11.7. The number of ether oxygens (including phenoxy) is 1. The van der Waals surface area contributed by atoms with E-state index in [2.05, 4.69) is 0 Å². The molecule has 98 valence electrons. The second-order valence-electron chi connectivity index (χ2n) is 4.04. The van der Waals surface area contributed by atoms with E-state index in [1.807, 2.05) is 42.3 Å². The second kappa shape index (κ2) is 7.48. The van der Waals surface area contributed by atoms with E-state index in [1.165, 1.54) is 0 Å². The normalized spacial score (nSPS) is 9.89. The third kappa shape index (κ3) is 4.99. The molecule has 4 nitrogen and oxygen atoms in total. The van der Waals surface area contributed by atoms with Crippen molar-refractivity contribution in [3.63, 3.8) is 0 Å². The smallest absolute Gasteiger partial charge is 0.306 e. The maximum Gasteiger partial charge on any atom is 0.306 e. The van der Waals surface area contributed by atoms with Crippen LogP contribution in [0.4, 0.5) is 5.69 Å². The summed E-state index contributed by atoms with van der Waals surface area (Å²) in [4.78, 5) is 24.7. The van der Waals surface area contributed by atoms with Crippen molar-refractivity contribution in [3.8, 4) is 0 Å². The minimum atomic E-state index is -0.312. The largest absolute Gasteiger partial charge is 0.466 e. The Morgan fingerprint density at radius 3 is 2.44 bits per heavy atom. The molecule has 1 aromatic rings. The zero-order valence-corrected chi connectivity index (χ0v) is 10.9. The fourth-order valence-corrected chi connectivity index (χ4v) is 1.59. The van der Waals surface area contributed by atoms with Gasteiger partial charge in [-0.1, -0.05) is 18.2 Å². The number of nitrogens with zero attached hydrogens (tertiary/aromatic N) is 1. The van der Waals surface area contributed by atoms with Crippen LogP contribution in [0.2, 0.25) is 0 Å². The van der Waals surface area contributed by atoms with Crippen LogP contribution >= 0.6 is 0 Å². The van der Waals surface area contributed by atoms with Crippen molar-refractivity contribution >= 4 is 17.4 Å². The molecule has 0 fully saturated rings. The van der Waals surface area contributed by atoms with E-state index in [4.69, 9.17) is 4.74 Å². The highest BCUT2D eigenvalue weighted by molar-refractivity contribution is 5.86. The van der Waals surface area contributed by atoms with Crippen LogP contribution in [0.15, 0.2) is 30.3 Å². The van der Waals surface area contributed by atoms with Crippen LogP contribution in [0.1, 0.15) is 19.8 Å². The van der Waals surface area contributed by atoms with Gasteiger partial charge >= 0.3 is 5.97 Å². The van der Waals surface area contributed by atoms with Crippen molar-refractivity contribution in [2.24, 2.45) is 0 Å². The van der Waals surface area contributed by atoms with E-state index in [0.29, 0.717) is 13.2 Å². The van der Waals surface area contributed by atoms with Crippen molar-refractivity contribution in [2.45, 2.75) is 19.8 Å². The summed E-state index contributed by atoms with van der Waals surface area (Å²) in [6.07, 6.45) is 0.394. The van der Waals surface area contributed by atoms with Crippen LogP contribution in [0.5, 0.6) is 0 Å². The number of hydrogen-bond acceptors (Lipinski definition) is 4. The minimum Gasteiger partial charge on any atom is -0.466 e. The highest BCUT2D eigenvalue weighted by Crippen LogP contribution is 2.11. The molecule has 0 aliphatic heterocycles. The van der Waals surface area contributed by atoms with Gasteiger partial charge in [0, 0.05) is 19.2 Å². The SMILES string of the molecule is CCOC(=O)CCC(=O)CN(C)c1ccccc1. The van der Waals surface area contributed by atoms with Crippen LogP contribution < -0.4 is 4.90 Å². The zero-order chi connectivity index (χ0) is 13.4. The van der Waals surface area contributed by atoms with Crippen molar-refractivity contribution in [1.82, 2.24) is 0 Å². The summed E-state index contributed by atoms with van der Waals surface area (Å²) >= 11 is 0. The van der Waals surface area contributed by atoms with E-state index in [1.54, 1.807) is 6.92 Å². The molecule has 0 radical (unpaired) electrons. The van der Waals surface area contributed by atoms with Gasteiger partial charge in [-0.2, -0.15) is 0 Å². The van der Waals surface area contributed by atoms with Crippen molar-refractivity contribution in [2.75, 3.05) is 25.1 Å². The van der Waals surface area contributed by atoms with Gasteiger partial charge in [0.25, 0.3) is 0 Å². The molecule has 0 aliphatic carbocycles. The molecule has 0 aliphatic rings. The molecule has 0 amide bonds. The lowest BCUT2D eigenvalue weighted by atomic mass is 10.2. The standard InChI is InChI=1S/C14H19NO3/c1-3-18-14(17)10-9-13(16)11-15(2)12-7-5-4-6-8-12/h4-8H,3,9-11H2,1-2H3. The highest BCUT2D eigenvalue weighted by Gasteiger charge is 2.10. The molecule has 0 bridgehead atoms. The topological polar surface area (TPSA) is 46.6 Å². The monoisotopic (exact) mass is 249 g/mol. The summed E-state index contributed by atoms with van der Waals surface area (Å²) in [6, 6.07) is 9.67. The molecule has 0 aromatic heterocycles. The summed E-state index contributed by atoms with van der Waals surface area (Å²) in [5.41, 5.74) is 0.988. The van der Waals surface area contributed by atoms with Gasteiger partial charge in [0.15, 0.2) is 5.78 Å². The number of carbonyl (C=O) groups excluding carboxylic acids is 2. The third-order valence-corrected chi connectivity index (χ3v) is 2.52. The molecular weight excluding hydrogens is 230 g/mol. The lowest BCUT2D eigenvalue weighted by Crippen LogP contribution is -2.25. The average molecular weight is 249 g/mol. The molecule has 0 saturated heterocycles. The highest BCUT2D eigenvalue weighted by atomic mass is 16.5. The molecule has 0 unspecified atom stereocenters. The summed E-state index contributed by atoms with van der Waals surface area (Å²) in [6.45, 7) is 2.42. The fourth-order valence-electron chi connectivity index (χ4n) is 1.59. The predicted octanol–water partition coefficient (Wildman–Crippen LogP) is 2.04. The fraction of sp³-hybridized carbons (Fsp3) is 0.429. The lowest BCUT2D eigenvalue weighted by molar-refractivity contribution is -0.144. The van der Waals surface area contributed by atoms with Gasteiger partial charge in [-0.25, -0.2) is 0 Å². The first kappa shape index (κ1) is 14.2. The van der Waals surface area contributed by atoms with E-state index < -0.39 is 0 Å². The molecule has 18 heavy (non-hydrogen) atoms. The van der Waals surface area contributed by atoms with Gasteiger partial charge < -0.3 is 9.64 Å². The Balaban J connectivity index is 2.34. The molecule has 0 atom stereocenters. The van der Waals surface area contributed by atoms with Crippen molar-refractivity contribution < 1.29 is 14.3 Å². The van der Waals surface area contributed by atoms with Gasteiger partial charge in [0.1, 0.15) is 0 Å². The summed E-state index contributed by atoms with van der Waals surface area (Å²) in [5, 5.41) is 0. The Morgan fingerprint density at radius 1 is 1.17 bits per heavy atom. The second-order valence-corrected chi connectivity index (χ2v) is 4.04. The molecular formula is C14H19NO3. The number of ketones is 1. The van der Waals surface area contributed by atoms with Gasteiger partial charge in [0.2, 0.25) is 0 Å². The maximum absolute atomic E-state index is 11.7.